The Balaban J connectivity index is 1.79. The maximum atomic E-state index is 12.8. The van der Waals surface area contributed by atoms with E-state index in [4.69, 9.17) is 4.74 Å². The van der Waals surface area contributed by atoms with Gasteiger partial charge in [0.2, 0.25) is 0 Å². The summed E-state index contributed by atoms with van der Waals surface area (Å²) in [4.78, 5) is 25.5. The molecule has 142 valence electrons. The fraction of sp³-hybridized carbons (Fsp3) is 0.130. The Bertz CT molecular complexity index is 970. The van der Waals surface area contributed by atoms with Crippen LogP contribution in [-0.2, 0) is 0 Å². The maximum Gasteiger partial charge on any atom is 0.259 e. The molecule has 5 heteroatoms. The van der Waals surface area contributed by atoms with E-state index in [1.165, 1.54) is 7.11 Å². The number of methoxy groups -OCH3 is 1. The molecule has 0 aromatic heterocycles. The Kier molecular flexibility index (Phi) is 6.07. The van der Waals surface area contributed by atoms with Gasteiger partial charge in [-0.2, -0.15) is 0 Å². The molecule has 2 N–H and O–H groups in total. The molecule has 0 aliphatic rings. The third-order valence-electron chi connectivity index (χ3n) is 4.42. The zero-order chi connectivity index (χ0) is 19.9. The predicted octanol–water partition coefficient (Wildman–Crippen LogP) is 4.44. The molecule has 1 atom stereocenters. The number of carbonyl (C=O) groups is 2. The van der Waals surface area contributed by atoms with E-state index >= 15 is 0 Å². The van der Waals surface area contributed by atoms with Gasteiger partial charge in [-0.25, -0.2) is 0 Å². The van der Waals surface area contributed by atoms with Crippen molar-refractivity contribution in [3.8, 4) is 5.75 Å². The molecule has 0 unspecified atom stereocenters. The summed E-state index contributed by atoms with van der Waals surface area (Å²) >= 11 is 0. The van der Waals surface area contributed by atoms with Gasteiger partial charge in [0.05, 0.1) is 30.0 Å². The van der Waals surface area contributed by atoms with E-state index in [0.29, 0.717) is 22.6 Å². The van der Waals surface area contributed by atoms with E-state index in [1.807, 2.05) is 37.3 Å². The lowest BCUT2D eigenvalue weighted by atomic mass is 10.1. The zero-order valence-electron chi connectivity index (χ0n) is 15.8. The van der Waals surface area contributed by atoms with Crippen molar-refractivity contribution in [1.82, 2.24) is 5.32 Å². The summed E-state index contributed by atoms with van der Waals surface area (Å²) in [7, 11) is 1.51. The van der Waals surface area contributed by atoms with Gasteiger partial charge in [0, 0.05) is 0 Å². The second-order valence-corrected chi connectivity index (χ2v) is 6.31. The first-order valence-electron chi connectivity index (χ1n) is 8.99. The van der Waals surface area contributed by atoms with Gasteiger partial charge in [0.25, 0.3) is 11.8 Å². The van der Waals surface area contributed by atoms with Gasteiger partial charge in [-0.15, -0.1) is 0 Å². The molecule has 0 aliphatic heterocycles. The minimum absolute atomic E-state index is 0.160. The highest BCUT2D eigenvalue weighted by Crippen LogP contribution is 2.22. The van der Waals surface area contributed by atoms with Crippen LogP contribution in [0.15, 0.2) is 78.9 Å². The molecule has 0 aliphatic carbocycles. The second kappa shape index (κ2) is 8.86. The standard InChI is InChI=1S/C23H22N2O3/c1-16(17-10-4-3-5-11-17)24-22(26)18-12-6-8-14-20(18)25-23(27)19-13-7-9-15-21(19)28-2/h3-16H,1-2H3,(H,24,26)(H,25,27)/t16-/m1/s1. The van der Waals surface area contributed by atoms with Crippen LogP contribution in [0, 0.1) is 0 Å². The fourth-order valence-corrected chi connectivity index (χ4v) is 2.91. The van der Waals surface area contributed by atoms with E-state index < -0.39 is 0 Å². The van der Waals surface area contributed by atoms with E-state index in [0.717, 1.165) is 5.56 Å². The summed E-state index contributed by atoms with van der Waals surface area (Å²) in [5.41, 5.74) is 2.24. The molecule has 0 spiro atoms. The average Bonchev–Trinajstić information content (AvgIpc) is 2.74. The summed E-state index contributed by atoms with van der Waals surface area (Å²) in [5.74, 6) is -0.124. The highest BCUT2D eigenvalue weighted by molar-refractivity contribution is 6.10. The number of carbonyl (C=O) groups excluding carboxylic acids is 2. The zero-order valence-corrected chi connectivity index (χ0v) is 15.8. The number of hydrogen-bond donors (Lipinski definition) is 2. The predicted molar refractivity (Wildman–Crippen MR) is 110 cm³/mol. The third-order valence-corrected chi connectivity index (χ3v) is 4.42. The van der Waals surface area contributed by atoms with Crippen LogP contribution in [0.25, 0.3) is 0 Å². The first-order chi connectivity index (χ1) is 13.6. The summed E-state index contributed by atoms with van der Waals surface area (Å²) in [6, 6.07) is 23.4. The van der Waals surface area contributed by atoms with Crippen LogP contribution in [0.5, 0.6) is 5.75 Å². The van der Waals surface area contributed by atoms with Crippen molar-refractivity contribution < 1.29 is 14.3 Å². The lowest BCUT2D eigenvalue weighted by Gasteiger charge is -2.16. The molecule has 3 rings (SSSR count). The third kappa shape index (κ3) is 4.38. The summed E-state index contributed by atoms with van der Waals surface area (Å²) in [5, 5.41) is 5.79. The van der Waals surface area contributed by atoms with E-state index in [9.17, 15) is 9.59 Å². The van der Waals surface area contributed by atoms with Crippen LogP contribution in [0.3, 0.4) is 0 Å². The summed E-state index contributed by atoms with van der Waals surface area (Å²) < 4.78 is 5.24. The van der Waals surface area contributed by atoms with Crippen molar-refractivity contribution in [2.45, 2.75) is 13.0 Å². The van der Waals surface area contributed by atoms with Crippen molar-refractivity contribution in [2.24, 2.45) is 0 Å². The molecule has 0 bridgehead atoms. The number of anilines is 1. The molecule has 5 nitrogen and oxygen atoms in total. The van der Waals surface area contributed by atoms with Crippen molar-refractivity contribution >= 4 is 17.5 Å². The van der Waals surface area contributed by atoms with Crippen molar-refractivity contribution in [3.05, 3.63) is 95.6 Å². The van der Waals surface area contributed by atoms with E-state index in [1.54, 1.807) is 48.5 Å². The molecule has 3 aromatic carbocycles. The minimum Gasteiger partial charge on any atom is -0.496 e. The average molecular weight is 374 g/mol. The van der Waals surface area contributed by atoms with E-state index in [-0.39, 0.29) is 17.9 Å². The molecule has 2 amide bonds. The first kappa shape index (κ1) is 19.2. The number of nitrogens with one attached hydrogen (secondary N) is 2. The fourth-order valence-electron chi connectivity index (χ4n) is 2.91. The Labute approximate surface area is 164 Å². The minimum atomic E-state index is -0.339. The lowest BCUT2D eigenvalue weighted by molar-refractivity contribution is 0.0941. The van der Waals surface area contributed by atoms with Crippen molar-refractivity contribution in [3.63, 3.8) is 0 Å². The molecule has 0 fully saturated rings. The molecule has 0 radical (unpaired) electrons. The highest BCUT2D eigenvalue weighted by atomic mass is 16.5. The van der Waals surface area contributed by atoms with Crippen LogP contribution >= 0.6 is 0 Å². The van der Waals surface area contributed by atoms with Gasteiger partial charge in [-0.3, -0.25) is 9.59 Å². The van der Waals surface area contributed by atoms with Gasteiger partial charge < -0.3 is 15.4 Å². The number of ether oxygens (including phenoxy) is 1. The summed E-state index contributed by atoms with van der Waals surface area (Å²) in [6.45, 7) is 1.92. The van der Waals surface area contributed by atoms with Crippen LogP contribution < -0.4 is 15.4 Å². The number of benzene rings is 3. The molecular weight excluding hydrogens is 352 g/mol. The van der Waals surface area contributed by atoms with Crippen LogP contribution in [0.2, 0.25) is 0 Å². The van der Waals surface area contributed by atoms with Crippen LogP contribution in [0.4, 0.5) is 5.69 Å². The van der Waals surface area contributed by atoms with Gasteiger partial charge >= 0.3 is 0 Å². The van der Waals surface area contributed by atoms with Gasteiger partial charge in [-0.05, 0) is 36.8 Å². The largest absolute Gasteiger partial charge is 0.496 e. The number of rotatable bonds is 6. The topological polar surface area (TPSA) is 67.4 Å². The van der Waals surface area contributed by atoms with Crippen molar-refractivity contribution in [2.75, 3.05) is 12.4 Å². The Morgan fingerprint density at radius 3 is 2.11 bits per heavy atom. The quantitative estimate of drug-likeness (QED) is 0.670. The number of hydrogen-bond acceptors (Lipinski definition) is 3. The normalized spacial score (nSPS) is 11.4. The number of para-hydroxylation sites is 2. The monoisotopic (exact) mass is 374 g/mol. The van der Waals surface area contributed by atoms with Gasteiger partial charge in [-0.1, -0.05) is 54.6 Å². The van der Waals surface area contributed by atoms with Crippen molar-refractivity contribution in [1.29, 1.82) is 0 Å². The first-order valence-corrected chi connectivity index (χ1v) is 8.99. The SMILES string of the molecule is COc1ccccc1C(=O)Nc1ccccc1C(=O)N[C@H](C)c1ccccc1. The van der Waals surface area contributed by atoms with Gasteiger partial charge in [0.1, 0.15) is 5.75 Å². The number of amides is 2. The molecule has 28 heavy (non-hydrogen) atoms. The van der Waals surface area contributed by atoms with Gasteiger partial charge in [0.15, 0.2) is 0 Å². The summed E-state index contributed by atoms with van der Waals surface area (Å²) in [6.07, 6.45) is 0. The molecular formula is C23H22N2O3. The molecule has 0 heterocycles. The Hall–Kier alpha value is -3.60. The van der Waals surface area contributed by atoms with E-state index in [2.05, 4.69) is 10.6 Å². The van der Waals surface area contributed by atoms with Crippen LogP contribution in [0.1, 0.15) is 39.2 Å². The molecule has 3 aromatic rings. The smallest absolute Gasteiger partial charge is 0.259 e. The molecule has 0 saturated carbocycles. The second-order valence-electron chi connectivity index (χ2n) is 6.31. The highest BCUT2D eigenvalue weighted by Gasteiger charge is 2.18. The maximum absolute atomic E-state index is 12.8. The Morgan fingerprint density at radius 2 is 1.39 bits per heavy atom. The Morgan fingerprint density at radius 1 is 0.786 bits per heavy atom. The van der Waals surface area contributed by atoms with Crippen LogP contribution in [-0.4, -0.2) is 18.9 Å². The lowest BCUT2D eigenvalue weighted by Crippen LogP contribution is -2.28. The molecule has 0 saturated heterocycles.